The van der Waals surface area contributed by atoms with E-state index in [2.05, 4.69) is 24.1 Å². The smallest absolute Gasteiger partial charge is 0.252 e. The average molecular weight is 490 g/mol. The number of hydrogen-bond acceptors (Lipinski definition) is 7. The molecule has 0 bridgehead atoms. The van der Waals surface area contributed by atoms with Gasteiger partial charge in [-0.1, -0.05) is 0 Å². The lowest BCUT2D eigenvalue weighted by atomic mass is 9.93. The zero-order valence-electron chi connectivity index (χ0n) is 21.5. The van der Waals surface area contributed by atoms with Crippen LogP contribution >= 0.6 is 0 Å². The highest BCUT2D eigenvalue weighted by Crippen LogP contribution is 2.40. The number of likely N-dealkylation sites (N-methyl/N-ethyl adjacent to an activating group) is 1. The van der Waals surface area contributed by atoms with Crippen LogP contribution in [-0.2, 0) is 15.9 Å². The predicted octanol–water partition coefficient (Wildman–Crippen LogP) is 4.26. The van der Waals surface area contributed by atoms with Gasteiger partial charge in [-0.15, -0.1) is 0 Å². The number of fused-ring (bicyclic) bond motifs is 6. The van der Waals surface area contributed by atoms with Crippen LogP contribution in [0.25, 0.3) is 27.6 Å². The number of allylic oxidation sites excluding steroid dienone is 1. The van der Waals surface area contributed by atoms with Crippen molar-refractivity contribution < 1.29 is 23.7 Å². The first-order valence-corrected chi connectivity index (χ1v) is 11.9. The van der Waals surface area contributed by atoms with Gasteiger partial charge in [-0.05, 0) is 74.5 Å². The molecule has 1 aliphatic heterocycles. The normalized spacial score (nSPS) is 14.9. The van der Waals surface area contributed by atoms with E-state index < -0.39 is 0 Å². The van der Waals surface area contributed by atoms with Gasteiger partial charge in [-0.3, -0.25) is 9.78 Å². The molecule has 0 radical (unpaired) electrons. The molecule has 1 aromatic heterocycles. The lowest BCUT2D eigenvalue weighted by Crippen LogP contribution is -2.48. The summed E-state index contributed by atoms with van der Waals surface area (Å²) in [5.41, 5.74) is 2.15. The number of ether oxygens (including phenoxy) is 4. The molecular formula is C28H31N3O5. The SMILES string of the molecule is COc1cc2c(C(=O)NCC(C)(C)N(C)C)cc3c4c(ncc3c2cc1OC)CC=C1OCOC1=C4. The number of amides is 1. The van der Waals surface area contributed by atoms with Gasteiger partial charge in [0, 0.05) is 41.2 Å². The van der Waals surface area contributed by atoms with Crippen molar-refractivity contribution in [3.63, 3.8) is 0 Å². The Kier molecular flexibility index (Phi) is 6.00. The molecule has 1 fully saturated rings. The summed E-state index contributed by atoms with van der Waals surface area (Å²) in [7, 11) is 7.19. The first kappa shape index (κ1) is 23.9. The lowest BCUT2D eigenvalue weighted by molar-refractivity contribution is 0.0921. The Morgan fingerprint density at radius 2 is 1.72 bits per heavy atom. The molecule has 188 valence electrons. The number of aromatic nitrogens is 1. The molecule has 2 heterocycles. The maximum Gasteiger partial charge on any atom is 0.252 e. The zero-order valence-corrected chi connectivity index (χ0v) is 21.5. The van der Waals surface area contributed by atoms with Crippen LogP contribution in [0.1, 0.15) is 35.5 Å². The van der Waals surface area contributed by atoms with Gasteiger partial charge in [0.2, 0.25) is 6.79 Å². The Bertz CT molecular complexity index is 1440. The van der Waals surface area contributed by atoms with Gasteiger partial charge in [-0.2, -0.15) is 0 Å². The Labute approximate surface area is 210 Å². The minimum absolute atomic E-state index is 0.157. The van der Waals surface area contributed by atoms with E-state index in [0.717, 1.165) is 38.6 Å². The highest BCUT2D eigenvalue weighted by atomic mass is 16.7. The van der Waals surface area contributed by atoms with Gasteiger partial charge in [-0.25, -0.2) is 0 Å². The van der Waals surface area contributed by atoms with Crippen molar-refractivity contribution in [3.8, 4) is 11.5 Å². The van der Waals surface area contributed by atoms with E-state index in [9.17, 15) is 4.79 Å². The minimum atomic E-state index is -0.212. The van der Waals surface area contributed by atoms with E-state index in [-0.39, 0.29) is 18.2 Å². The molecule has 8 heteroatoms. The van der Waals surface area contributed by atoms with Crippen LogP contribution in [-0.4, -0.2) is 63.0 Å². The van der Waals surface area contributed by atoms with Crippen LogP contribution in [0.5, 0.6) is 11.5 Å². The van der Waals surface area contributed by atoms with Gasteiger partial charge in [0.05, 0.1) is 19.9 Å². The molecule has 1 amide bonds. The van der Waals surface area contributed by atoms with Crippen LogP contribution in [0.15, 0.2) is 42.0 Å². The quantitative estimate of drug-likeness (QED) is 0.518. The Morgan fingerprint density at radius 3 is 2.42 bits per heavy atom. The molecule has 0 atom stereocenters. The van der Waals surface area contributed by atoms with Crippen LogP contribution in [0.3, 0.4) is 0 Å². The summed E-state index contributed by atoms with van der Waals surface area (Å²) in [6, 6.07) is 5.71. The molecule has 3 aromatic rings. The van der Waals surface area contributed by atoms with Gasteiger partial charge >= 0.3 is 0 Å². The Morgan fingerprint density at radius 1 is 1.03 bits per heavy atom. The number of methoxy groups -OCH3 is 2. The monoisotopic (exact) mass is 489 g/mol. The van der Waals surface area contributed by atoms with Crippen LogP contribution in [0.4, 0.5) is 0 Å². The second kappa shape index (κ2) is 9.02. The minimum Gasteiger partial charge on any atom is -0.493 e. The number of benzene rings is 2. The van der Waals surface area contributed by atoms with Gasteiger partial charge in [0.1, 0.15) is 0 Å². The third kappa shape index (κ3) is 4.01. The lowest BCUT2D eigenvalue weighted by Gasteiger charge is -2.32. The molecule has 1 N–H and O–H groups in total. The van der Waals surface area contributed by atoms with Gasteiger partial charge in [0.25, 0.3) is 5.91 Å². The maximum absolute atomic E-state index is 13.7. The highest BCUT2D eigenvalue weighted by Gasteiger charge is 2.25. The molecule has 0 unspecified atom stereocenters. The molecule has 2 aromatic carbocycles. The fourth-order valence-corrected chi connectivity index (χ4v) is 4.45. The van der Waals surface area contributed by atoms with E-state index in [1.54, 1.807) is 14.2 Å². The number of pyridine rings is 1. The first-order chi connectivity index (χ1) is 17.2. The molecule has 36 heavy (non-hydrogen) atoms. The number of nitrogens with zero attached hydrogens (tertiary/aromatic N) is 2. The highest BCUT2D eigenvalue weighted by molar-refractivity contribution is 6.19. The zero-order chi connectivity index (χ0) is 25.6. The number of hydrogen-bond donors (Lipinski definition) is 1. The van der Waals surface area contributed by atoms with E-state index in [0.29, 0.717) is 35.8 Å². The third-order valence-electron chi connectivity index (χ3n) is 7.20. The van der Waals surface area contributed by atoms with Gasteiger partial charge < -0.3 is 29.2 Å². The molecule has 0 saturated carbocycles. The summed E-state index contributed by atoms with van der Waals surface area (Å²) < 4.78 is 22.4. The number of carbonyl (C=O) groups is 1. The summed E-state index contributed by atoms with van der Waals surface area (Å²) in [6.45, 7) is 4.86. The molecule has 1 saturated heterocycles. The standard InChI is InChI=1S/C28H31N3O5/c1-28(2,31(3)4)14-30-27(32)20-9-16-19-12-26-23(35-15-36-26)8-7-22(19)29-13-21(16)18-11-25(34-6)24(33-5)10-17(18)20/h8-13H,7,14-15H2,1-6H3,(H,30,32). The van der Waals surface area contributed by atoms with E-state index in [4.69, 9.17) is 23.9 Å². The van der Waals surface area contributed by atoms with Crippen molar-refractivity contribution in [2.24, 2.45) is 0 Å². The fourth-order valence-electron chi connectivity index (χ4n) is 4.45. The first-order valence-electron chi connectivity index (χ1n) is 11.9. The van der Waals surface area contributed by atoms with E-state index >= 15 is 0 Å². The second-order valence-corrected chi connectivity index (χ2v) is 9.83. The summed E-state index contributed by atoms with van der Waals surface area (Å²) in [6.07, 6.45) is 6.40. The van der Waals surface area contributed by atoms with Crippen molar-refractivity contribution in [1.29, 1.82) is 0 Å². The fraction of sp³-hybridized carbons (Fsp3) is 0.357. The number of rotatable bonds is 6. The van der Waals surface area contributed by atoms with Gasteiger partial charge in [0.15, 0.2) is 23.0 Å². The van der Waals surface area contributed by atoms with E-state index in [1.165, 1.54) is 0 Å². The molecule has 8 nitrogen and oxygen atoms in total. The topological polar surface area (TPSA) is 82.2 Å². The van der Waals surface area contributed by atoms with Crippen LogP contribution in [0, 0.1) is 0 Å². The van der Waals surface area contributed by atoms with Crippen molar-refractivity contribution in [1.82, 2.24) is 15.2 Å². The van der Waals surface area contributed by atoms with Crippen molar-refractivity contribution >= 4 is 33.5 Å². The van der Waals surface area contributed by atoms with E-state index in [1.807, 2.05) is 50.6 Å². The third-order valence-corrected chi connectivity index (χ3v) is 7.20. The number of carbonyl (C=O) groups excluding carboxylic acids is 1. The van der Waals surface area contributed by atoms with Crippen LogP contribution < -0.4 is 14.8 Å². The molecule has 0 spiro atoms. The largest absolute Gasteiger partial charge is 0.493 e. The van der Waals surface area contributed by atoms with Crippen molar-refractivity contribution in [3.05, 3.63) is 58.8 Å². The summed E-state index contributed by atoms with van der Waals surface area (Å²) >= 11 is 0. The molecule has 1 aliphatic carbocycles. The molecule has 2 aliphatic rings. The van der Waals surface area contributed by atoms with Crippen molar-refractivity contribution in [2.45, 2.75) is 25.8 Å². The summed E-state index contributed by atoms with van der Waals surface area (Å²) in [4.78, 5) is 20.5. The average Bonchev–Trinajstić information content (AvgIpc) is 3.24. The number of nitrogens with one attached hydrogen (secondary N) is 1. The van der Waals surface area contributed by atoms with Crippen molar-refractivity contribution in [2.75, 3.05) is 41.7 Å². The summed E-state index contributed by atoms with van der Waals surface area (Å²) in [5.74, 6) is 2.38. The maximum atomic E-state index is 13.7. The molecule has 5 rings (SSSR count). The Balaban J connectivity index is 1.75. The second-order valence-electron chi connectivity index (χ2n) is 9.83. The Hall–Kier alpha value is -3.78. The molecular weight excluding hydrogens is 458 g/mol. The predicted molar refractivity (Wildman–Crippen MR) is 139 cm³/mol. The van der Waals surface area contributed by atoms with Crippen LogP contribution in [0.2, 0.25) is 0 Å². The summed E-state index contributed by atoms with van der Waals surface area (Å²) in [5, 5.41) is 6.58.